The molecule has 2 radical (unpaired) electrons. The van der Waals surface area contributed by atoms with Crippen LogP contribution in [0, 0.1) is 11.2 Å². The molecule has 0 aliphatic rings. The normalized spacial score (nSPS) is 12.2. The Kier molecular flexibility index (Phi) is 14.1. The molecule has 0 aliphatic carbocycles. The second kappa shape index (κ2) is 9.04. The second-order valence-corrected chi connectivity index (χ2v) is 40.0. The number of nitriles is 1. The van der Waals surface area contributed by atoms with Crippen LogP contribution in [0.25, 0.3) is 0 Å². The summed E-state index contributed by atoms with van der Waals surface area (Å²) in [4.78, 5) is 2.00. The third-order valence-electron chi connectivity index (χ3n) is 0. The minimum atomic E-state index is -4.33. The summed E-state index contributed by atoms with van der Waals surface area (Å²) in [6.45, 7) is 0. The molecule has 78 valence electrons. The molecule has 0 saturated carbocycles. The Morgan fingerprint density at radius 2 is 1.08 bits per heavy atom. The van der Waals surface area contributed by atoms with Gasteiger partial charge in [0.2, 0.25) is 7.85 Å². The van der Waals surface area contributed by atoms with E-state index >= 15 is 0 Å². The zero-order valence-corrected chi connectivity index (χ0v) is 13.6. The third-order valence-corrected chi connectivity index (χ3v) is 0. The average Bonchev–Trinajstić information content (AvgIpc) is 1.53. The number of hydrogen-bond donors (Lipinski definition) is 0. The van der Waals surface area contributed by atoms with E-state index in [2.05, 4.69) is 7.85 Å². The van der Waals surface area contributed by atoms with E-state index in [4.69, 9.17) is 49.4 Å². The molecule has 0 fully saturated rings. The minimum absolute atomic E-state index is 1.25. The summed E-state index contributed by atoms with van der Waals surface area (Å²) in [5.41, 5.74) is 0. The van der Waals surface area contributed by atoms with Crippen LogP contribution in [0.4, 0.5) is 0 Å². The molecule has 2 nitrogen and oxygen atoms in total. The Morgan fingerprint density at radius 3 is 1.08 bits per heavy atom. The molecular weight excluding hydrogens is 386 g/mol. The van der Waals surface area contributed by atoms with Gasteiger partial charge < -0.3 is 4.90 Å². The Hall–Kier alpha value is 1.78. The van der Waals surface area contributed by atoms with Crippen LogP contribution in [0.5, 0.6) is 0 Å². The number of halogens is 5. The fraction of sp³-hybridized carbons (Fsp3) is 0.750. The fourth-order valence-electron chi connectivity index (χ4n) is 0. The predicted octanol–water partition coefficient (Wildman–Crippen LogP) is 2.88. The van der Waals surface area contributed by atoms with E-state index in [1.807, 2.05) is 26.0 Å². The van der Waals surface area contributed by atoms with Gasteiger partial charge in [-0.2, -0.15) is 0 Å². The Morgan fingerprint density at radius 1 is 1.08 bits per heavy atom. The van der Waals surface area contributed by atoms with Gasteiger partial charge in [0.05, 0.1) is 0 Å². The Labute approximate surface area is 99.9 Å². The summed E-state index contributed by atoms with van der Waals surface area (Å²) in [5, 5.41) is 7.10. The van der Waals surface area contributed by atoms with Crippen LogP contribution < -0.4 is 0 Å². The Balaban J connectivity index is -0.000000125. The van der Waals surface area contributed by atoms with Crippen LogP contribution in [0.3, 0.4) is 0 Å². The molecule has 0 saturated heterocycles. The summed E-state index contributed by atoms with van der Waals surface area (Å²) in [7, 11) is 35.4. The first kappa shape index (κ1) is 20.2. The molecular formula is C4H9BCl5N2Sb. The molecule has 0 aromatic carbocycles. The van der Waals surface area contributed by atoms with Crippen molar-refractivity contribution in [3.63, 3.8) is 0 Å². The van der Waals surface area contributed by atoms with Crippen molar-refractivity contribution in [2.45, 2.75) is 0 Å². The first-order valence-electron chi connectivity index (χ1n) is 2.70. The first-order valence-corrected chi connectivity index (χ1v) is 18.9. The molecule has 0 unspecified atom stereocenters. The monoisotopic (exact) mass is 392 g/mol. The van der Waals surface area contributed by atoms with E-state index < -0.39 is 11.7 Å². The molecule has 9 heteroatoms. The summed E-state index contributed by atoms with van der Waals surface area (Å²) >= 11 is -4.33. The number of hydrogen-bond acceptors (Lipinski definition) is 2. The van der Waals surface area contributed by atoms with Crippen molar-refractivity contribution in [1.82, 2.24) is 4.90 Å². The van der Waals surface area contributed by atoms with Crippen molar-refractivity contribution in [3.05, 3.63) is 0 Å². The average molecular weight is 395 g/mol. The van der Waals surface area contributed by atoms with Gasteiger partial charge in [0, 0.05) is 0 Å². The molecule has 0 rings (SSSR count). The second-order valence-electron chi connectivity index (χ2n) is 2.11. The quantitative estimate of drug-likeness (QED) is 0.591. The standard InChI is InChI=1S/C3H9N.CBN.5ClH.Sb/c1-4(2)3;2-1-3;;;;;;/h1-3H3;;5*1H;/q;;;;;;;+5/p-5. The van der Waals surface area contributed by atoms with Gasteiger partial charge in [-0.15, -0.1) is 0 Å². The van der Waals surface area contributed by atoms with Gasteiger partial charge in [-0.3, -0.25) is 0 Å². The molecule has 0 atom stereocenters. The van der Waals surface area contributed by atoms with Crippen molar-refractivity contribution < 1.29 is 0 Å². The van der Waals surface area contributed by atoms with Crippen LogP contribution >= 0.6 is 44.1 Å². The maximum atomic E-state index is 7.10. The van der Waals surface area contributed by atoms with Gasteiger partial charge >= 0.3 is 55.8 Å². The van der Waals surface area contributed by atoms with Crippen molar-refractivity contribution in [1.29, 1.82) is 5.26 Å². The Bertz CT molecular complexity index is 140. The van der Waals surface area contributed by atoms with Crippen LogP contribution in [0.2, 0.25) is 0 Å². The third kappa shape index (κ3) is 602. The van der Waals surface area contributed by atoms with E-state index in [9.17, 15) is 0 Å². The predicted molar refractivity (Wildman–Crippen MR) is 66.0 cm³/mol. The van der Waals surface area contributed by atoms with Crippen LogP contribution in [0.1, 0.15) is 0 Å². The van der Waals surface area contributed by atoms with Crippen LogP contribution in [0.15, 0.2) is 0 Å². The van der Waals surface area contributed by atoms with Gasteiger partial charge in [0.15, 0.2) is 0 Å². The van der Waals surface area contributed by atoms with E-state index in [0.717, 1.165) is 0 Å². The van der Waals surface area contributed by atoms with Crippen molar-refractivity contribution in [3.8, 4) is 5.97 Å². The molecule has 0 heterocycles. The summed E-state index contributed by atoms with van der Waals surface area (Å²) in [5.74, 6) is 1.25. The summed E-state index contributed by atoms with van der Waals surface area (Å²) in [6.07, 6.45) is 0. The molecule has 0 amide bonds. The fourth-order valence-corrected chi connectivity index (χ4v) is 0. The van der Waals surface area contributed by atoms with E-state index in [1.165, 1.54) is 5.97 Å². The van der Waals surface area contributed by atoms with Gasteiger partial charge in [-0.25, -0.2) is 5.26 Å². The molecule has 0 aromatic heterocycles. The number of nitrogens with zero attached hydrogens (tertiary/aromatic N) is 2. The molecule has 0 aliphatic heterocycles. The zero-order chi connectivity index (χ0) is 11.7. The van der Waals surface area contributed by atoms with Crippen molar-refractivity contribution in [2.75, 3.05) is 21.1 Å². The van der Waals surface area contributed by atoms with E-state index in [1.54, 1.807) is 0 Å². The maximum absolute atomic E-state index is 7.10. The SMILES string of the molecule is CN(C)C.[B]C#N.[Cl][Sb]([Cl])([Cl])([Cl])[Cl]. The van der Waals surface area contributed by atoms with Gasteiger partial charge in [-0.05, 0) is 27.1 Å². The van der Waals surface area contributed by atoms with Crippen LogP contribution in [-0.2, 0) is 0 Å². The summed E-state index contributed by atoms with van der Waals surface area (Å²) < 4.78 is 0. The van der Waals surface area contributed by atoms with Gasteiger partial charge in [-0.1, -0.05) is 0 Å². The van der Waals surface area contributed by atoms with Gasteiger partial charge in [0.1, 0.15) is 0 Å². The first-order chi connectivity index (χ1) is 5.38. The number of rotatable bonds is 0. The topological polar surface area (TPSA) is 27.0 Å². The molecule has 0 bridgehead atoms. The van der Waals surface area contributed by atoms with Gasteiger partial charge in [0.25, 0.3) is 0 Å². The molecule has 0 aromatic rings. The molecule has 13 heavy (non-hydrogen) atoms. The van der Waals surface area contributed by atoms with Crippen LogP contribution in [-0.4, -0.2) is 45.6 Å². The summed E-state index contributed by atoms with van der Waals surface area (Å²) in [6, 6.07) is 0. The molecule has 0 spiro atoms. The van der Waals surface area contributed by atoms with Crippen molar-refractivity contribution in [2.24, 2.45) is 0 Å². The van der Waals surface area contributed by atoms with Crippen molar-refractivity contribution >= 4 is 63.7 Å². The van der Waals surface area contributed by atoms with E-state index in [-0.39, 0.29) is 0 Å². The zero-order valence-electron chi connectivity index (χ0n) is 7.31. The molecule has 0 N–H and O–H groups in total. The van der Waals surface area contributed by atoms with E-state index in [0.29, 0.717) is 0 Å².